The standard InChI is InChI=1S/C22H23N3O2/c1-13(12-27-4)24-22(26)15-5-6-20-18(9-15)19-10-16-11-23-8-7-17(16)14(2)21(19)25(20)3/h5-11,13H,12H2,1-4H3,(H,24,26)/t13-/m0/s1. The number of carbonyl (C=O) groups excluding carboxylic acids is 1. The van der Waals surface area contributed by atoms with Gasteiger partial charge in [-0.25, -0.2) is 0 Å². The Morgan fingerprint density at radius 2 is 2.04 bits per heavy atom. The SMILES string of the molecule is COC[C@H](C)NC(=O)c1ccc2c(c1)c1cc3cnccc3c(C)c1n2C. The van der Waals surface area contributed by atoms with E-state index in [2.05, 4.69) is 41.0 Å². The van der Waals surface area contributed by atoms with Gasteiger partial charge in [0.2, 0.25) is 0 Å². The van der Waals surface area contributed by atoms with Crippen LogP contribution in [0.1, 0.15) is 22.8 Å². The van der Waals surface area contributed by atoms with Crippen LogP contribution < -0.4 is 5.32 Å². The molecule has 0 fully saturated rings. The summed E-state index contributed by atoms with van der Waals surface area (Å²) < 4.78 is 7.31. The van der Waals surface area contributed by atoms with E-state index in [1.165, 1.54) is 16.5 Å². The molecule has 2 heterocycles. The second-order valence-corrected chi connectivity index (χ2v) is 7.12. The van der Waals surface area contributed by atoms with Crippen molar-refractivity contribution in [3.05, 3.63) is 53.9 Å². The van der Waals surface area contributed by atoms with Crippen LogP contribution in [-0.2, 0) is 11.8 Å². The number of benzene rings is 2. The summed E-state index contributed by atoms with van der Waals surface area (Å²) >= 11 is 0. The second kappa shape index (κ2) is 6.67. The summed E-state index contributed by atoms with van der Waals surface area (Å²) in [5.41, 5.74) is 4.18. The molecular formula is C22H23N3O2. The highest BCUT2D eigenvalue weighted by molar-refractivity contribution is 6.15. The van der Waals surface area contributed by atoms with Gasteiger partial charge in [0.25, 0.3) is 5.91 Å². The summed E-state index contributed by atoms with van der Waals surface area (Å²) in [4.78, 5) is 16.9. The molecule has 1 amide bonds. The highest BCUT2D eigenvalue weighted by Crippen LogP contribution is 2.35. The van der Waals surface area contributed by atoms with Gasteiger partial charge in [-0.15, -0.1) is 0 Å². The number of pyridine rings is 1. The number of methoxy groups -OCH3 is 1. The lowest BCUT2D eigenvalue weighted by Crippen LogP contribution is -2.35. The van der Waals surface area contributed by atoms with Crippen LogP contribution in [0, 0.1) is 6.92 Å². The lowest BCUT2D eigenvalue weighted by molar-refractivity contribution is 0.0905. The predicted octanol–water partition coefficient (Wildman–Crippen LogP) is 3.95. The Balaban J connectivity index is 1.90. The van der Waals surface area contributed by atoms with Gasteiger partial charge in [0.15, 0.2) is 0 Å². The van der Waals surface area contributed by atoms with Crippen LogP contribution in [0.15, 0.2) is 42.7 Å². The Morgan fingerprint density at radius 1 is 1.22 bits per heavy atom. The van der Waals surface area contributed by atoms with E-state index in [4.69, 9.17) is 4.74 Å². The normalized spacial score (nSPS) is 12.7. The van der Waals surface area contributed by atoms with Crippen LogP contribution in [0.25, 0.3) is 32.6 Å². The topological polar surface area (TPSA) is 56.1 Å². The molecule has 5 nitrogen and oxygen atoms in total. The Labute approximate surface area is 157 Å². The number of aromatic nitrogens is 2. The molecule has 1 atom stereocenters. The summed E-state index contributed by atoms with van der Waals surface area (Å²) in [6.07, 6.45) is 3.72. The molecule has 2 aromatic carbocycles. The molecule has 4 rings (SSSR count). The fraction of sp³-hybridized carbons (Fsp3) is 0.273. The Hall–Kier alpha value is -2.92. The maximum Gasteiger partial charge on any atom is 0.251 e. The number of carbonyl (C=O) groups is 1. The van der Waals surface area contributed by atoms with E-state index in [1.807, 2.05) is 37.5 Å². The summed E-state index contributed by atoms with van der Waals surface area (Å²) in [7, 11) is 3.71. The molecule has 1 N–H and O–H groups in total. The van der Waals surface area contributed by atoms with Crippen LogP contribution in [0.5, 0.6) is 0 Å². The molecule has 0 unspecified atom stereocenters. The highest BCUT2D eigenvalue weighted by Gasteiger charge is 2.16. The van der Waals surface area contributed by atoms with E-state index in [9.17, 15) is 4.79 Å². The van der Waals surface area contributed by atoms with E-state index in [-0.39, 0.29) is 11.9 Å². The molecule has 0 radical (unpaired) electrons. The van der Waals surface area contributed by atoms with Crippen LogP contribution in [0.3, 0.4) is 0 Å². The van der Waals surface area contributed by atoms with Crippen molar-refractivity contribution in [1.29, 1.82) is 0 Å². The maximum absolute atomic E-state index is 12.6. The van der Waals surface area contributed by atoms with Crippen molar-refractivity contribution in [3.8, 4) is 0 Å². The molecule has 4 aromatic rings. The van der Waals surface area contributed by atoms with Crippen molar-refractivity contribution >= 4 is 38.5 Å². The van der Waals surface area contributed by atoms with Gasteiger partial charge in [-0.1, -0.05) is 0 Å². The minimum Gasteiger partial charge on any atom is -0.383 e. The summed E-state index contributed by atoms with van der Waals surface area (Å²) in [5, 5.41) is 7.51. The van der Waals surface area contributed by atoms with Gasteiger partial charge in [-0.05, 0) is 55.1 Å². The number of rotatable bonds is 4. The largest absolute Gasteiger partial charge is 0.383 e. The van der Waals surface area contributed by atoms with Crippen molar-refractivity contribution < 1.29 is 9.53 Å². The van der Waals surface area contributed by atoms with E-state index in [1.54, 1.807) is 7.11 Å². The number of amides is 1. The Kier molecular flexibility index (Phi) is 4.32. The van der Waals surface area contributed by atoms with Crippen LogP contribution in [0.2, 0.25) is 0 Å². The summed E-state index contributed by atoms with van der Waals surface area (Å²) in [6.45, 7) is 4.56. The van der Waals surface area contributed by atoms with E-state index in [0.717, 1.165) is 21.7 Å². The van der Waals surface area contributed by atoms with Gasteiger partial charge in [0.05, 0.1) is 12.1 Å². The van der Waals surface area contributed by atoms with Crippen molar-refractivity contribution in [2.45, 2.75) is 19.9 Å². The van der Waals surface area contributed by atoms with Gasteiger partial charge >= 0.3 is 0 Å². The van der Waals surface area contributed by atoms with Crippen molar-refractivity contribution in [1.82, 2.24) is 14.9 Å². The number of nitrogens with one attached hydrogen (secondary N) is 1. The van der Waals surface area contributed by atoms with Crippen molar-refractivity contribution in [2.24, 2.45) is 7.05 Å². The summed E-state index contributed by atoms with van der Waals surface area (Å²) in [5.74, 6) is -0.0855. The highest BCUT2D eigenvalue weighted by atomic mass is 16.5. The minimum atomic E-state index is -0.0855. The molecule has 0 aliphatic rings. The first-order chi connectivity index (χ1) is 13.0. The monoisotopic (exact) mass is 361 g/mol. The van der Waals surface area contributed by atoms with E-state index in [0.29, 0.717) is 12.2 Å². The molecule has 5 heteroatoms. The number of hydrogen-bond donors (Lipinski definition) is 1. The van der Waals surface area contributed by atoms with Crippen molar-refractivity contribution in [2.75, 3.05) is 13.7 Å². The van der Waals surface area contributed by atoms with Gasteiger partial charge in [0.1, 0.15) is 0 Å². The number of hydrogen-bond acceptors (Lipinski definition) is 3. The average molecular weight is 361 g/mol. The molecule has 0 aliphatic carbocycles. The van der Waals surface area contributed by atoms with Crippen molar-refractivity contribution in [3.63, 3.8) is 0 Å². The van der Waals surface area contributed by atoms with Gasteiger partial charge in [-0.3, -0.25) is 9.78 Å². The molecular weight excluding hydrogens is 338 g/mol. The zero-order valence-corrected chi connectivity index (χ0v) is 16.0. The average Bonchev–Trinajstić information content (AvgIpc) is 2.94. The molecule has 138 valence electrons. The molecule has 2 aromatic heterocycles. The lowest BCUT2D eigenvalue weighted by atomic mass is 10.0. The van der Waals surface area contributed by atoms with Crippen LogP contribution >= 0.6 is 0 Å². The molecule has 0 bridgehead atoms. The predicted molar refractivity (Wildman–Crippen MR) is 109 cm³/mol. The Bertz CT molecular complexity index is 1180. The fourth-order valence-corrected chi connectivity index (χ4v) is 3.96. The first-order valence-electron chi connectivity index (χ1n) is 9.06. The van der Waals surface area contributed by atoms with Gasteiger partial charge in [-0.2, -0.15) is 0 Å². The van der Waals surface area contributed by atoms with Gasteiger partial charge < -0.3 is 14.6 Å². The quantitative estimate of drug-likeness (QED) is 0.599. The second-order valence-electron chi connectivity index (χ2n) is 7.12. The minimum absolute atomic E-state index is 0.0389. The molecule has 0 saturated heterocycles. The lowest BCUT2D eigenvalue weighted by Gasteiger charge is -2.12. The number of aryl methyl sites for hydroxylation is 2. The van der Waals surface area contributed by atoms with Gasteiger partial charge in [0, 0.05) is 59.8 Å². The molecule has 0 saturated carbocycles. The summed E-state index contributed by atoms with van der Waals surface area (Å²) in [6, 6.07) is 10.1. The zero-order chi connectivity index (χ0) is 19.1. The first-order valence-corrected chi connectivity index (χ1v) is 9.06. The molecule has 0 spiro atoms. The van der Waals surface area contributed by atoms with E-state index >= 15 is 0 Å². The Morgan fingerprint density at radius 3 is 2.81 bits per heavy atom. The maximum atomic E-state index is 12.6. The third kappa shape index (κ3) is 2.84. The third-order valence-electron chi connectivity index (χ3n) is 5.21. The van der Waals surface area contributed by atoms with E-state index < -0.39 is 0 Å². The fourth-order valence-electron chi connectivity index (χ4n) is 3.96. The zero-order valence-electron chi connectivity index (χ0n) is 16.0. The number of nitrogens with zero attached hydrogens (tertiary/aromatic N) is 2. The smallest absolute Gasteiger partial charge is 0.251 e. The first kappa shape index (κ1) is 17.5. The van der Waals surface area contributed by atoms with Crippen LogP contribution in [-0.4, -0.2) is 35.2 Å². The molecule has 0 aliphatic heterocycles. The number of ether oxygens (including phenoxy) is 1. The number of fused-ring (bicyclic) bond motifs is 4. The third-order valence-corrected chi connectivity index (χ3v) is 5.21. The molecule has 27 heavy (non-hydrogen) atoms. The van der Waals surface area contributed by atoms with Crippen LogP contribution in [0.4, 0.5) is 0 Å².